The summed E-state index contributed by atoms with van der Waals surface area (Å²) in [6.07, 6.45) is 1.75. The first-order valence-corrected chi connectivity index (χ1v) is 9.96. The number of hydrogen-bond acceptors (Lipinski definition) is 3. The molecule has 4 heteroatoms. The van der Waals surface area contributed by atoms with Crippen molar-refractivity contribution in [1.29, 1.82) is 0 Å². The Hall–Kier alpha value is -2.75. The highest BCUT2D eigenvalue weighted by molar-refractivity contribution is 6.02. The maximum Gasteiger partial charge on any atom is 0.237 e. The van der Waals surface area contributed by atoms with Gasteiger partial charge >= 0.3 is 0 Å². The fourth-order valence-electron chi connectivity index (χ4n) is 5.49. The van der Waals surface area contributed by atoms with E-state index in [2.05, 4.69) is 26.1 Å². The predicted molar refractivity (Wildman–Crippen MR) is 111 cm³/mol. The highest BCUT2D eigenvalue weighted by Crippen LogP contribution is 2.70. The molecule has 0 unspecified atom stereocenters. The van der Waals surface area contributed by atoms with Gasteiger partial charge in [0.05, 0.1) is 27.8 Å². The lowest BCUT2D eigenvalue weighted by atomic mass is 9.63. The van der Waals surface area contributed by atoms with E-state index in [-0.39, 0.29) is 16.7 Å². The van der Waals surface area contributed by atoms with Gasteiger partial charge < -0.3 is 5.32 Å². The monoisotopic (exact) mass is 371 g/mol. The van der Waals surface area contributed by atoms with Crippen LogP contribution in [0.2, 0.25) is 0 Å². The van der Waals surface area contributed by atoms with Crippen LogP contribution >= 0.6 is 0 Å². The summed E-state index contributed by atoms with van der Waals surface area (Å²) < 4.78 is 0. The number of nitrogens with one attached hydrogen (secondary N) is 1. The van der Waals surface area contributed by atoms with E-state index in [0.717, 1.165) is 46.5 Å². The lowest BCUT2D eigenvalue weighted by Crippen LogP contribution is -2.48. The number of para-hydroxylation sites is 3. The highest BCUT2D eigenvalue weighted by atomic mass is 16.2. The maximum atomic E-state index is 13.8. The summed E-state index contributed by atoms with van der Waals surface area (Å²) in [6.45, 7) is 8.70. The van der Waals surface area contributed by atoms with Gasteiger partial charge in [-0.3, -0.25) is 4.79 Å². The quantitative estimate of drug-likeness (QED) is 0.697. The van der Waals surface area contributed by atoms with Crippen LogP contribution in [0, 0.1) is 12.3 Å². The second kappa shape index (κ2) is 5.40. The third-order valence-corrected chi connectivity index (χ3v) is 7.72. The minimum Gasteiger partial charge on any atom is -0.325 e. The van der Waals surface area contributed by atoms with Crippen molar-refractivity contribution in [2.24, 2.45) is 5.41 Å². The van der Waals surface area contributed by atoms with Gasteiger partial charge in [0.2, 0.25) is 5.91 Å². The number of amides is 1. The molecular weight excluding hydrogens is 346 g/mol. The molecule has 0 saturated heterocycles. The number of anilines is 1. The van der Waals surface area contributed by atoms with E-state index in [1.807, 2.05) is 55.5 Å². The van der Waals surface area contributed by atoms with Gasteiger partial charge in [0.25, 0.3) is 0 Å². The lowest BCUT2D eigenvalue weighted by Gasteiger charge is -2.39. The van der Waals surface area contributed by atoms with Crippen LogP contribution in [0.3, 0.4) is 0 Å². The number of fused-ring (bicyclic) bond motifs is 6. The molecule has 142 valence electrons. The van der Waals surface area contributed by atoms with Gasteiger partial charge in [-0.15, -0.1) is 0 Å². The Balaban J connectivity index is 1.72. The van der Waals surface area contributed by atoms with E-state index in [9.17, 15) is 4.79 Å². The van der Waals surface area contributed by atoms with Gasteiger partial charge in [0, 0.05) is 11.1 Å². The summed E-state index contributed by atoms with van der Waals surface area (Å²) in [4.78, 5) is 23.9. The van der Waals surface area contributed by atoms with Crippen LogP contribution in [-0.4, -0.2) is 15.9 Å². The van der Waals surface area contributed by atoms with Crippen molar-refractivity contribution in [3.63, 3.8) is 0 Å². The number of nitrogens with zero attached hydrogens (tertiary/aromatic N) is 2. The van der Waals surface area contributed by atoms with Gasteiger partial charge in [0.1, 0.15) is 0 Å². The van der Waals surface area contributed by atoms with Gasteiger partial charge in [0.15, 0.2) is 0 Å². The molecule has 5 rings (SSSR count). The molecule has 3 aromatic rings. The van der Waals surface area contributed by atoms with Gasteiger partial charge in [-0.05, 0) is 48.9 Å². The number of hydrogen-bond donors (Lipinski definition) is 1. The first-order valence-electron chi connectivity index (χ1n) is 9.96. The van der Waals surface area contributed by atoms with E-state index in [0.29, 0.717) is 0 Å². The van der Waals surface area contributed by atoms with Gasteiger partial charge in [-0.25, -0.2) is 9.97 Å². The van der Waals surface area contributed by atoms with Crippen LogP contribution in [0.5, 0.6) is 0 Å². The zero-order chi connectivity index (χ0) is 19.7. The molecule has 0 radical (unpaired) electrons. The van der Waals surface area contributed by atoms with Crippen molar-refractivity contribution in [1.82, 2.24) is 9.97 Å². The smallest absolute Gasteiger partial charge is 0.237 e. The standard InChI is InChI=1S/C24H25N3O/c1-15-9-5-6-10-16(15)27-21(28)24-14-13-23(4,22(24,2)3)19-20(24)26-18-12-8-7-11-17(18)25-19/h5-12H,13-14H2,1-4H3,(H,27,28)/t23-,24-/m1/s1. The summed E-state index contributed by atoms with van der Waals surface area (Å²) in [5, 5.41) is 3.23. The summed E-state index contributed by atoms with van der Waals surface area (Å²) in [7, 11) is 0. The number of benzene rings is 2. The molecule has 0 spiro atoms. The molecule has 1 fully saturated rings. The molecule has 0 aliphatic heterocycles. The highest BCUT2D eigenvalue weighted by Gasteiger charge is 2.73. The topological polar surface area (TPSA) is 54.9 Å². The third kappa shape index (κ3) is 1.88. The van der Waals surface area contributed by atoms with Crippen LogP contribution < -0.4 is 5.32 Å². The Morgan fingerprint density at radius 1 is 0.893 bits per heavy atom. The van der Waals surface area contributed by atoms with Crippen LogP contribution in [0.4, 0.5) is 5.69 Å². The van der Waals surface area contributed by atoms with Gasteiger partial charge in [-0.2, -0.15) is 0 Å². The second-order valence-corrected chi connectivity index (χ2v) is 9.04. The Bertz CT molecular complexity index is 1140. The second-order valence-electron chi connectivity index (χ2n) is 9.04. The molecule has 2 atom stereocenters. The predicted octanol–water partition coefficient (Wildman–Crippen LogP) is 4.91. The normalized spacial score (nSPS) is 27.0. The fraction of sp³-hybridized carbons (Fsp3) is 0.375. The van der Waals surface area contributed by atoms with Crippen molar-refractivity contribution in [3.05, 3.63) is 65.5 Å². The van der Waals surface area contributed by atoms with Crippen LogP contribution in [-0.2, 0) is 15.6 Å². The van der Waals surface area contributed by atoms with Crippen LogP contribution in [0.1, 0.15) is 50.6 Å². The van der Waals surface area contributed by atoms with Crippen molar-refractivity contribution in [3.8, 4) is 0 Å². The maximum absolute atomic E-state index is 13.8. The average molecular weight is 371 g/mol. The minimum atomic E-state index is -0.670. The molecule has 2 aliphatic rings. The SMILES string of the molecule is Cc1ccccc1NC(=O)[C@@]12CC[C@](C)(c3nc4ccccc4nc31)C2(C)C. The first-order chi connectivity index (χ1) is 13.3. The Kier molecular flexibility index (Phi) is 3.35. The fourth-order valence-corrected chi connectivity index (χ4v) is 5.49. The molecule has 1 N–H and O–H groups in total. The molecule has 1 aromatic heterocycles. The molecule has 2 bridgehead atoms. The number of rotatable bonds is 2. The zero-order valence-corrected chi connectivity index (χ0v) is 16.8. The summed E-state index contributed by atoms with van der Waals surface area (Å²) >= 11 is 0. The molecular formula is C24H25N3O. The molecule has 2 aromatic carbocycles. The average Bonchev–Trinajstić information content (AvgIpc) is 2.98. The van der Waals surface area contributed by atoms with Crippen molar-refractivity contribution in [2.75, 3.05) is 5.32 Å². The number of aromatic nitrogens is 2. The summed E-state index contributed by atoms with van der Waals surface area (Å²) in [5.41, 5.74) is 4.46. The summed E-state index contributed by atoms with van der Waals surface area (Å²) in [6, 6.07) is 15.9. The molecule has 4 nitrogen and oxygen atoms in total. The van der Waals surface area contributed by atoms with Crippen molar-refractivity contribution in [2.45, 2.75) is 51.4 Å². The van der Waals surface area contributed by atoms with E-state index < -0.39 is 5.41 Å². The lowest BCUT2D eigenvalue weighted by molar-refractivity contribution is -0.125. The molecule has 28 heavy (non-hydrogen) atoms. The zero-order valence-electron chi connectivity index (χ0n) is 16.8. The van der Waals surface area contributed by atoms with Crippen LogP contribution in [0.25, 0.3) is 11.0 Å². The molecule has 1 heterocycles. The van der Waals surface area contributed by atoms with Gasteiger partial charge in [-0.1, -0.05) is 51.1 Å². The van der Waals surface area contributed by atoms with E-state index >= 15 is 0 Å². The van der Waals surface area contributed by atoms with Crippen LogP contribution in [0.15, 0.2) is 48.5 Å². The molecule has 1 saturated carbocycles. The summed E-state index contributed by atoms with van der Waals surface area (Å²) in [5.74, 6) is 0.0406. The van der Waals surface area contributed by atoms with E-state index in [1.165, 1.54) is 0 Å². The Morgan fingerprint density at radius 2 is 1.50 bits per heavy atom. The number of carbonyl (C=O) groups excluding carboxylic acids is 1. The number of carbonyl (C=O) groups is 1. The first kappa shape index (κ1) is 17.4. The molecule has 2 aliphatic carbocycles. The minimum absolute atomic E-state index is 0.0406. The van der Waals surface area contributed by atoms with E-state index in [1.54, 1.807) is 0 Å². The van der Waals surface area contributed by atoms with Crippen molar-refractivity contribution < 1.29 is 4.79 Å². The number of aryl methyl sites for hydroxylation is 1. The van der Waals surface area contributed by atoms with E-state index in [4.69, 9.17) is 9.97 Å². The molecule has 1 amide bonds. The Labute approximate surface area is 165 Å². The third-order valence-electron chi connectivity index (χ3n) is 7.72. The Morgan fingerprint density at radius 3 is 2.18 bits per heavy atom. The van der Waals surface area contributed by atoms with Crippen molar-refractivity contribution >= 4 is 22.6 Å². The largest absolute Gasteiger partial charge is 0.325 e.